The summed E-state index contributed by atoms with van der Waals surface area (Å²) in [5.41, 5.74) is 4.23. The van der Waals surface area contributed by atoms with Crippen molar-refractivity contribution in [1.29, 1.82) is 0 Å². The van der Waals surface area contributed by atoms with Crippen LogP contribution in [-0.2, 0) is 19.4 Å². The van der Waals surface area contributed by atoms with Crippen molar-refractivity contribution < 1.29 is 0 Å². The van der Waals surface area contributed by atoms with Crippen LogP contribution in [0.3, 0.4) is 0 Å². The SMILES string of the molecule is CCc1ccccc1CNC(C)Cc1ccc(Br)cc1. The summed E-state index contributed by atoms with van der Waals surface area (Å²) in [4.78, 5) is 0. The molecule has 0 aromatic heterocycles. The molecule has 2 rings (SSSR count). The highest BCUT2D eigenvalue weighted by atomic mass is 79.9. The van der Waals surface area contributed by atoms with Gasteiger partial charge >= 0.3 is 0 Å². The van der Waals surface area contributed by atoms with Crippen molar-refractivity contribution in [2.24, 2.45) is 0 Å². The van der Waals surface area contributed by atoms with Gasteiger partial charge in [-0.25, -0.2) is 0 Å². The molecule has 2 aromatic rings. The van der Waals surface area contributed by atoms with Gasteiger partial charge in [0.25, 0.3) is 0 Å². The standard InChI is InChI=1S/C18H22BrN/c1-3-16-6-4-5-7-17(16)13-20-14(2)12-15-8-10-18(19)11-9-15/h4-11,14,20H,3,12-13H2,1-2H3. The molecule has 0 bridgehead atoms. The van der Waals surface area contributed by atoms with Crippen molar-refractivity contribution >= 4 is 15.9 Å². The summed E-state index contributed by atoms with van der Waals surface area (Å²) < 4.78 is 1.14. The molecule has 0 aliphatic carbocycles. The molecule has 0 amide bonds. The Labute approximate surface area is 130 Å². The number of rotatable bonds is 6. The van der Waals surface area contributed by atoms with E-state index in [-0.39, 0.29) is 0 Å². The number of aryl methyl sites for hydroxylation is 1. The first-order valence-electron chi connectivity index (χ1n) is 7.23. The fraction of sp³-hybridized carbons (Fsp3) is 0.333. The highest BCUT2D eigenvalue weighted by Crippen LogP contribution is 2.13. The molecule has 0 heterocycles. The van der Waals surface area contributed by atoms with Gasteiger partial charge in [0.1, 0.15) is 0 Å². The predicted octanol–water partition coefficient (Wildman–Crippen LogP) is 4.73. The highest BCUT2D eigenvalue weighted by molar-refractivity contribution is 9.10. The average molecular weight is 332 g/mol. The predicted molar refractivity (Wildman–Crippen MR) is 90.0 cm³/mol. The zero-order valence-electron chi connectivity index (χ0n) is 12.2. The van der Waals surface area contributed by atoms with Gasteiger partial charge in [0.05, 0.1) is 0 Å². The molecule has 0 spiro atoms. The normalized spacial score (nSPS) is 12.3. The van der Waals surface area contributed by atoms with Gasteiger partial charge in [-0.15, -0.1) is 0 Å². The third kappa shape index (κ3) is 4.46. The summed E-state index contributed by atoms with van der Waals surface area (Å²) in [6.07, 6.45) is 2.15. The summed E-state index contributed by atoms with van der Waals surface area (Å²) in [6, 6.07) is 17.7. The smallest absolute Gasteiger partial charge is 0.0210 e. The molecular weight excluding hydrogens is 310 g/mol. The van der Waals surface area contributed by atoms with E-state index in [0.717, 1.165) is 23.9 Å². The molecule has 0 fully saturated rings. The van der Waals surface area contributed by atoms with E-state index in [0.29, 0.717) is 6.04 Å². The lowest BCUT2D eigenvalue weighted by Crippen LogP contribution is -2.27. The van der Waals surface area contributed by atoms with Gasteiger partial charge in [-0.05, 0) is 48.6 Å². The van der Waals surface area contributed by atoms with Crippen LogP contribution >= 0.6 is 15.9 Å². The van der Waals surface area contributed by atoms with E-state index < -0.39 is 0 Å². The maximum absolute atomic E-state index is 3.62. The van der Waals surface area contributed by atoms with Crippen LogP contribution in [0.4, 0.5) is 0 Å². The monoisotopic (exact) mass is 331 g/mol. The molecule has 0 aliphatic rings. The summed E-state index contributed by atoms with van der Waals surface area (Å²) >= 11 is 3.47. The van der Waals surface area contributed by atoms with E-state index in [9.17, 15) is 0 Å². The van der Waals surface area contributed by atoms with Crippen molar-refractivity contribution in [2.45, 2.75) is 39.3 Å². The van der Waals surface area contributed by atoms with Gasteiger partial charge in [-0.2, -0.15) is 0 Å². The van der Waals surface area contributed by atoms with Gasteiger partial charge in [0.15, 0.2) is 0 Å². The average Bonchev–Trinajstić information content (AvgIpc) is 2.48. The Morgan fingerprint density at radius 2 is 1.65 bits per heavy atom. The van der Waals surface area contributed by atoms with Gasteiger partial charge in [0, 0.05) is 17.1 Å². The van der Waals surface area contributed by atoms with Gasteiger partial charge in [0.2, 0.25) is 0 Å². The summed E-state index contributed by atoms with van der Waals surface area (Å²) in [5.74, 6) is 0. The van der Waals surface area contributed by atoms with Gasteiger partial charge < -0.3 is 5.32 Å². The first-order chi connectivity index (χ1) is 9.69. The van der Waals surface area contributed by atoms with Crippen LogP contribution in [0.1, 0.15) is 30.5 Å². The number of hydrogen-bond donors (Lipinski definition) is 1. The number of nitrogens with one attached hydrogen (secondary N) is 1. The lowest BCUT2D eigenvalue weighted by atomic mass is 10.0. The second-order valence-corrected chi connectivity index (χ2v) is 6.15. The molecule has 1 unspecified atom stereocenters. The van der Waals surface area contributed by atoms with Gasteiger partial charge in [-0.3, -0.25) is 0 Å². The molecule has 0 saturated carbocycles. The molecule has 0 aliphatic heterocycles. The van der Waals surface area contributed by atoms with Crippen molar-refractivity contribution in [3.8, 4) is 0 Å². The lowest BCUT2D eigenvalue weighted by Gasteiger charge is -2.15. The molecule has 20 heavy (non-hydrogen) atoms. The van der Waals surface area contributed by atoms with Crippen LogP contribution in [0.5, 0.6) is 0 Å². The van der Waals surface area contributed by atoms with Crippen LogP contribution < -0.4 is 5.32 Å². The van der Waals surface area contributed by atoms with Crippen molar-refractivity contribution in [1.82, 2.24) is 5.32 Å². The molecule has 0 radical (unpaired) electrons. The van der Waals surface area contributed by atoms with Crippen LogP contribution in [0, 0.1) is 0 Å². The van der Waals surface area contributed by atoms with Crippen LogP contribution in [0.2, 0.25) is 0 Å². The summed E-state index contributed by atoms with van der Waals surface area (Å²) in [5, 5.41) is 3.62. The van der Waals surface area contributed by atoms with E-state index in [4.69, 9.17) is 0 Å². The quantitative estimate of drug-likeness (QED) is 0.806. The molecule has 1 atom stereocenters. The van der Waals surface area contributed by atoms with E-state index in [1.54, 1.807) is 0 Å². The Balaban J connectivity index is 1.88. The number of benzene rings is 2. The third-order valence-electron chi connectivity index (χ3n) is 3.60. The zero-order valence-corrected chi connectivity index (χ0v) is 13.8. The van der Waals surface area contributed by atoms with E-state index in [1.165, 1.54) is 16.7 Å². The maximum atomic E-state index is 3.62. The zero-order chi connectivity index (χ0) is 14.4. The van der Waals surface area contributed by atoms with E-state index in [2.05, 4.69) is 83.6 Å². The Morgan fingerprint density at radius 1 is 1.00 bits per heavy atom. The van der Waals surface area contributed by atoms with Crippen molar-refractivity contribution in [2.75, 3.05) is 0 Å². The van der Waals surface area contributed by atoms with Gasteiger partial charge in [-0.1, -0.05) is 59.3 Å². The highest BCUT2D eigenvalue weighted by Gasteiger charge is 2.05. The minimum atomic E-state index is 0.473. The number of halogens is 1. The fourth-order valence-corrected chi connectivity index (χ4v) is 2.67. The third-order valence-corrected chi connectivity index (χ3v) is 4.12. The topological polar surface area (TPSA) is 12.0 Å². The first kappa shape index (κ1) is 15.3. The van der Waals surface area contributed by atoms with E-state index in [1.807, 2.05) is 0 Å². The van der Waals surface area contributed by atoms with Crippen LogP contribution in [-0.4, -0.2) is 6.04 Å². The second-order valence-electron chi connectivity index (χ2n) is 5.23. The fourth-order valence-electron chi connectivity index (χ4n) is 2.41. The Bertz CT molecular complexity index is 533. The second kappa shape index (κ2) is 7.61. The molecule has 2 heteroatoms. The first-order valence-corrected chi connectivity index (χ1v) is 8.03. The molecule has 0 saturated heterocycles. The Kier molecular flexibility index (Phi) is 5.81. The minimum Gasteiger partial charge on any atom is -0.310 e. The molecule has 1 N–H and O–H groups in total. The summed E-state index contributed by atoms with van der Waals surface area (Å²) in [6.45, 7) is 5.41. The molecule has 106 valence electrons. The van der Waals surface area contributed by atoms with Crippen LogP contribution in [0.25, 0.3) is 0 Å². The summed E-state index contributed by atoms with van der Waals surface area (Å²) in [7, 11) is 0. The van der Waals surface area contributed by atoms with Crippen molar-refractivity contribution in [3.63, 3.8) is 0 Å². The Hall–Kier alpha value is -1.12. The number of hydrogen-bond acceptors (Lipinski definition) is 1. The molecule has 2 aromatic carbocycles. The van der Waals surface area contributed by atoms with Crippen LogP contribution in [0.15, 0.2) is 53.0 Å². The largest absolute Gasteiger partial charge is 0.310 e. The van der Waals surface area contributed by atoms with Crippen molar-refractivity contribution in [3.05, 3.63) is 69.7 Å². The molecular formula is C18H22BrN. The molecule has 1 nitrogen and oxygen atoms in total. The minimum absolute atomic E-state index is 0.473. The van der Waals surface area contributed by atoms with E-state index >= 15 is 0 Å². The maximum Gasteiger partial charge on any atom is 0.0210 e. The Morgan fingerprint density at radius 3 is 2.30 bits per heavy atom. The lowest BCUT2D eigenvalue weighted by molar-refractivity contribution is 0.544.